The molecule has 2 rings (SSSR count). The Morgan fingerprint density at radius 1 is 1.39 bits per heavy atom. The van der Waals surface area contributed by atoms with Gasteiger partial charge in [-0.15, -0.1) is 0 Å². The van der Waals surface area contributed by atoms with Crippen LogP contribution < -0.4 is 5.32 Å². The molecule has 0 amide bonds. The van der Waals surface area contributed by atoms with Crippen LogP contribution in [0.2, 0.25) is 0 Å². The van der Waals surface area contributed by atoms with Gasteiger partial charge in [-0.1, -0.05) is 26.7 Å². The Morgan fingerprint density at radius 2 is 2.11 bits per heavy atom. The first-order valence-electron chi connectivity index (χ1n) is 7.10. The maximum Gasteiger partial charge on any atom is 0.0951 e. The van der Waals surface area contributed by atoms with E-state index in [0.29, 0.717) is 11.5 Å². The molecule has 18 heavy (non-hydrogen) atoms. The summed E-state index contributed by atoms with van der Waals surface area (Å²) in [4.78, 5) is 4.40. The van der Waals surface area contributed by atoms with Crippen LogP contribution in [0.15, 0.2) is 12.5 Å². The molecule has 1 unspecified atom stereocenters. The number of imidazole rings is 1. The lowest BCUT2D eigenvalue weighted by Gasteiger charge is -2.41. The molecule has 102 valence electrons. The third-order valence-corrected chi connectivity index (χ3v) is 4.72. The van der Waals surface area contributed by atoms with Gasteiger partial charge >= 0.3 is 0 Å². The molecule has 1 aliphatic carbocycles. The van der Waals surface area contributed by atoms with Crippen LogP contribution in [0.25, 0.3) is 0 Å². The zero-order valence-electron chi connectivity index (χ0n) is 12.5. The predicted molar refractivity (Wildman–Crippen MR) is 75.6 cm³/mol. The molecule has 0 aliphatic heterocycles. The molecule has 3 heteroatoms. The fraction of sp³-hybridized carbons (Fsp3) is 0.800. The Hall–Kier alpha value is -0.830. The average molecular weight is 249 g/mol. The van der Waals surface area contributed by atoms with E-state index >= 15 is 0 Å². The zero-order valence-corrected chi connectivity index (χ0v) is 12.5. The van der Waals surface area contributed by atoms with E-state index in [1.54, 1.807) is 0 Å². The first kappa shape index (κ1) is 13.6. The molecule has 1 saturated carbocycles. The van der Waals surface area contributed by atoms with E-state index in [1.165, 1.54) is 31.4 Å². The molecule has 3 nitrogen and oxygen atoms in total. The van der Waals surface area contributed by atoms with Crippen LogP contribution in [0.1, 0.15) is 65.1 Å². The zero-order chi connectivity index (χ0) is 13.4. The van der Waals surface area contributed by atoms with Gasteiger partial charge in [0.1, 0.15) is 0 Å². The molecule has 0 radical (unpaired) electrons. The highest BCUT2D eigenvalue weighted by Gasteiger charge is 2.36. The van der Waals surface area contributed by atoms with Crippen LogP contribution in [0.4, 0.5) is 0 Å². The number of aromatic nitrogens is 2. The van der Waals surface area contributed by atoms with Crippen molar-refractivity contribution in [1.29, 1.82) is 0 Å². The molecule has 1 atom stereocenters. The third kappa shape index (κ3) is 2.33. The number of nitrogens with one attached hydrogen (secondary N) is 1. The van der Waals surface area contributed by atoms with Crippen LogP contribution in [0.5, 0.6) is 0 Å². The average Bonchev–Trinajstić information content (AvgIpc) is 2.78. The van der Waals surface area contributed by atoms with E-state index in [4.69, 9.17) is 0 Å². The highest BCUT2D eigenvalue weighted by atomic mass is 15.1. The predicted octanol–water partition coefficient (Wildman–Crippen LogP) is 3.48. The summed E-state index contributed by atoms with van der Waals surface area (Å²) in [7, 11) is 2.02. The summed E-state index contributed by atoms with van der Waals surface area (Å²) >= 11 is 0. The van der Waals surface area contributed by atoms with Crippen molar-refractivity contribution in [2.24, 2.45) is 5.41 Å². The molecule has 0 spiro atoms. The molecule has 1 heterocycles. The van der Waals surface area contributed by atoms with Gasteiger partial charge in [0.05, 0.1) is 23.8 Å². The summed E-state index contributed by atoms with van der Waals surface area (Å²) in [5, 5.41) is 3.39. The minimum atomic E-state index is -0.0238. The number of hydrogen-bond donors (Lipinski definition) is 1. The number of nitrogens with zero attached hydrogens (tertiary/aromatic N) is 2. The van der Waals surface area contributed by atoms with Crippen molar-refractivity contribution in [1.82, 2.24) is 14.9 Å². The van der Waals surface area contributed by atoms with Crippen LogP contribution in [0.3, 0.4) is 0 Å². The molecule has 1 fully saturated rings. The van der Waals surface area contributed by atoms with Crippen LogP contribution in [-0.2, 0) is 5.54 Å². The summed E-state index contributed by atoms with van der Waals surface area (Å²) in [6.45, 7) is 9.23. The Balaban J connectivity index is 2.37. The van der Waals surface area contributed by atoms with E-state index in [0.717, 1.165) is 0 Å². The summed E-state index contributed by atoms with van der Waals surface area (Å²) in [6.07, 6.45) is 9.33. The summed E-state index contributed by atoms with van der Waals surface area (Å²) in [5.41, 5.74) is 1.65. The topological polar surface area (TPSA) is 29.9 Å². The van der Waals surface area contributed by atoms with Gasteiger partial charge in [-0.3, -0.25) is 0 Å². The Morgan fingerprint density at radius 3 is 2.72 bits per heavy atom. The highest BCUT2D eigenvalue weighted by Crippen LogP contribution is 2.44. The number of hydrogen-bond acceptors (Lipinski definition) is 2. The maximum absolute atomic E-state index is 4.40. The fourth-order valence-electron chi connectivity index (χ4n) is 3.16. The van der Waals surface area contributed by atoms with Crippen molar-refractivity contribution in [2.75, 3.05) is 7.05 Å². The molecule has 1 N–H and O–H groups in total. The van der Waals surface area contributed by atoms with Crippen LogP contribution in [0, 0.1) is 5.41 Å². The second-order valence-electron chi connectivity index (χ2n) is 6.81. The highest BCUT2D eigenvalue weighted by molar-refractivity contribution is 5.13. The molecule has 1 aromatic rings. The van der Waals surface area contributed by atoms with Gasteiger partial charge in [0.25, 0.3) is 0 Å². The van der Waals surface area contributed by atoms with Gasteiger partial charge in [-0.2, -0.15) is 0 Å². The van der Waals surface area contributed by atoms with E-state index in [-0.39, 0.29) is 5.54 Å². The SMILES string of the molecule is CNC(C)(C)c1cncn1C1CCCCC1(C)C. The first-order valence-corrected chi connectivity index (χ1v) is 7.10. The van der Waals surface area contributed by atoms with Crippen LogP contribution >= 0.6 is 0 Å². The minimum Gasteiger partial charge on any atom is -0.329 e. The van der Waals surface area contributed by atoms with Crippen molar-refractivity contribution >= 4 is 0 Å². The molecule has 0 bridgehead atoms. The standard InChI is InChI=1S/C15H27N3/c1-14(2)9-7-6-8-12(14)18-11-17-10-13(18)15(3,4)16-5/h10-12,16H,6-9H2,1-5H3. The summed E-state index contributed by atoms with van der Waals surface area (Å²) in [5.74, 6) is 0. The molecule has 0 aromatic carbocycles. The normalized spacial score (nSPS) is 24.2. The Labute approximate surface area is 111 Å². The third-order valence-electron chi connectivity index (χ3n) is 4.72. The number of rotatable bonds is 3. The molecule has 1 aliphatic rings. The smallest absolute Gasteiger partial charge is 0.0951 e. The largest absolute Gasteiger partial charge is 0.329 e. The first-order chi connectivity index (χ1) is 8.38. The van der Waals surface area contributed by atoms with Gasteiger partial charge in [0.2, 0.25) is 0 Å². The van der Waals surface area contributed by atoms with Gasteiger partial charge in [0.15, 0.2) is 0 Å². The summed E-state index contributed by atoms with van der Waals surface area (Å²) in [6, 6.07) is 0.580. The quantitative estimate of drug-likeness (QED) is 0.889. The molecular weight excluding hydrogens is 222 g/mol. The summed E-state index contributed by atoms with van der Waals surface area (Å²) < 4.78 is 2.41. The maximum atomic E-state index is 4.40. The van der Waals surface area contributed by atoms with Gasteiger partial charge < -0.3 is 9.88 Å². The van der Waals surface area contributed by atoms with E-state index in [1.807, 2.05) is 19.6 Å². The molecular formula is C15H27N3. The van der Waals surface area contributed by atoms with Gasteiger partial charge in [-0.25, -0.2) is 4.98 Å². The molecule has 0 saturated heterocycles. The van der Waals surface area contributed by atoms with E-state index < -0.39 is 0 Å². The second kappa shape index (κ2) is 4.69. The monoisotopic (exact) mass is 249 g/mol. The molecule has 1 aromatic heterocycles. The lowest BCUT2D eigenvalue weighted by atomic mass is 9.73. The lowest BCUT2D eigenvalue weighted by Crippen LogP contribution is -2.39. The van der Waals surface area contributed by atoms with Crippen molar-refractivity contribution in [3.05, 3.63) is 18.2 Å². The van der Waals surface area contributed by atoms with Crippen molar-refractivity contribution < 1.29 is 0 Å². The van der Waals surface area contributed by atoms with E-state index in [9.17, 15) is 0 Å². The second-order valence-corrected chi connectivity index (χ2v) is 6.81. The fourth-order valence-corrected chi connectivity index (χ4v) is 3.16. The Kier molecular flexibility index (Phi) is 3.54. The van der Waals surface area contributed by atoms with Crippen molar-refractivity contribution in [3.8, 4) is 0 Å². The lowest BCUT2D eigenvalue weighted by molar-refractivity contribution is 0.137. The van der Waals surface area contributed by atoms with Crippen molar-refractivity contribution in [3.63, 3.8) is 0 Å². The van der Waals surface area contributed by atoms with Gasteiger partial charge in [-0.05, 0) is 39.2 Å². The minimum absolute atomic E-state index is 0.0238. The van der Waals surface area contributed by atoms with Gasteiger partial charge in [0, 0.05) is 6.04 Å². The van der Waals surface area contributed by atoms with E-state index in [2.05, 4.69) is 42.6 Å². The van der Waals surface area contributed by atoms with Crippen molar-refractivity contribution in [2.45, 2.75) is 65.0 Å². The van der Waals surface area contributed by atoms with Crippen LogP contribution in [-0.4, -0.2) is 16.6 Å². The Bertz CT molecular complexity index is 404.